The number of halogens is 2. The molecule has 0 fully saturated rings. The second-order valence-electron chi connectivity index (χ2n) is 6.60. The van der Waals surface area contributed by atoms with E-state index in [1.165, 1.54) is 9.69 Å². The molecule has 4 rings (SSSR count). The summed E-state index contributed by atoms with van der Waals surface area (Å²) in [4.78, 5) is 25.9. The number of benzene rings is 2. The van der Waals surface area contributed by atoms with E-state index in [4.69, 9.17) is 0 Å². The Bertz CT molecular complexity index is 1220. The molecule has 29 heavy (non-hydrogen) atoms. The summed E-state index contributed by atoms with van der Waals surface area (Å²) in [6, 6.07) is 14.9. The van der Waals surface area contributed by atoms with E-state index in [-0.39, 0.29) is 11.5 Å². The SMILES string of the molecule is CC1=NN(c2ccc(I)cc2)C(=O)C1=Cc1c(C)[nH]n(-c2ccc(Br)cc2)c1=O. The van der Waals surface area contributed by atoms with E-state index in [0.717, 1.165) is 13.7 Å². The van der Waals surface area contributed by atoms with E-state index in [9.17, 15) is 9.59 Å². The fraction of sp³-hybridized carbons (Fsp3) is 0.0952. The number of anilines is 1. The maximum atomic E-state index is 13.0. The molecule has 0 saturated carbocycles. The number of rotatable bonds is 3. The van der Waals surface area contributed by atoms with Crippen molar-refractivity contribution in [2.75, 3.05) is 5.01 Å². The number of hydrazone groups is 1. The summed E-state index contributed by atoms with van der Waals surface area (Å²) in [6.45, 7) is 3.58. The van der Waals surface area contributed by atoms with E-state index in [1.54, 1.807) is 13.0 Å². The van der Waals surface area contributed by atoms with Gasteiger partial charge in [0.15, 0.2) is 0 Å². The van der Waals surface area contributed by atoms with Crippen molar-refractivity contribution in [1.82, 2.24) is 9.78 Å². The fourth-order valence-corrected chi connectivity index (χ4v) is 3.71. The molecule has 0 bridgehead atoms. The Kier molecular flexibility index (Phi) is 5.30. The van der Waals surface area contributed by atoms with Crippen molar-refractivity contribution in [1.29, 1.82) is 0 Å². The second kappa shape index (κ2) is 7.75. The molecule has 0 spiro atoms. The van der Waals surface area contributed by atoms with Gasteiger partial charge in [0.1, 0.15) is 0 Å². The van der Waals surface area contributed by atoms with Crippen molar-refractivity contribution < 1.29 is 4.79 Å². The lowest BCUT2D eigenvalue weighted by Gasteiger charge is -2.11. The maximum absolute atomic E-state index is 13.0. The molecule has 1 aliphatic heterocycles. The number of nitrogens with zero attached hydrogens (tertiary/aromatic N) is 3. The number of carbonyl (C=O) groups excluding carboxylic acids is 1. The predicted octanol–water partition coefficient (Wildman–Crippen LogP) is 4.65. The molecule has 2 heterocycles. The third-order valence-corrected chi connectivity index (χ3v) is 5.87. The first kappa shape index (κ1) is 19.8. The lowest BCUT2D eigenvalue weighted by atomic mass is 10.1. The van der Waals surface area contributed by atoms with Crippen molar-refractivity contribution in [2.45, 2.75) is 13.8 Å². The Morgan fingerprint density at radius 2 is 1.62 bits per heavy atom. The van der Waals surface area contributed by atoms with Crippen LogP contribution in [0.5, 0.6) is 0 Å². The van der Waals surface area contributed by atoms with Gasteiger partial charge in [0, 0.05) is 13.7 Å². The highest BCUT2D eigenvalue weighted by molar-refractivity contribution is 14.1. The summed E-state index contributed by atoms with van der Waals surface area (Å²) in [6.07, 6.45) is 1.62. The van der Waals surface area contributed by atoms with Crippen LogP contribution in [0.1, 0.15) is 18.2 Å². The standard InChI is InChI=1S/C21H16BrIN4O2/c1-12-18(20(28)26(24-12)16-7-3-14(22)4-8-16)11-19-13(2)25-27(21(19)29)17-9-5-15(23)6-10-17/h3-11,24H,1-2H3. The van der Waals surface area contributed by atoms with Crippen LogP contribution in [0.25, 0.3) is 11.8 Å². The Morgan fingerprint density at radius 3 is 2.28 bits per heavy atom. The van der Waals surface area contributed by atoms with Gasteiger partial charge in [-0.25, -0.2) is 4.68 Å². The number of carbonyl (C=O) groups is 1. The van der Waals surface area contributed by atoms with Crippen LogP contribution in [0.3, 0.4) is 0 Å². The zero-order chi connectivity index (χ0) is 20.7. The van der Waals surface area contributed by atoms with Gasteiger partial charge in [-0.1, -0.05) is 15.9 Å². The minimum Gasteiger partial charge on any atom is -0.295 e. The molecular weight excluding hydrogens is 547 g/mol. The summed E-state index contributed by atoms with van der Waals surface area (Å²) in [5.74, 6) is -0.251. The van der Waals surface area contributed by atoms with E-state index in [2.05, 4.69) is 48.7 Å². The van der Waals surface area contributed by atoms with Crippen LogP contribution in [-0.4, -0.2) is 21.4 Å². The Morgan fingerprint density at radius 1 is 1.00 bits per heavy atom. The van der Waals surface area contributed by atoms with Gasteiger partial charge >= 0.3 is 0 Å². The third-order valence-electron chi connectivity index (χ3n) is 4.62. The molecule has 1 N–H and O–H groups in total. The van der Waals surface area contributed by atoms with Gasteiger partial charge in [-0.15, -0.1) is 0 Å². The highest BCUT2D eigenvalue weighted by Gasteiger charge is 2.29. The monoisotopic (exact) mass is 562 g/mol. The summed E-state index contributed by atoms with van der Waals surface area (Å²) >= 11 is 5.60. The smallest absolute Gasteiger partial charge is 0.280 e. The lowest BCUT2D eigenvalue weighted by molar-refractivity contribution is -0.114. The highest BCUT2D eigenvalue weighted by Crippen LogP contribution is 2.25. The molecule has 1 aliphatic rings. The van der Waals surface area contributed by atoms with Crippen LogP contribution in [0.2, 0.25) is 0 Å². The Labute approximate surface area is 189 Å². The van der Waals surface area contributed by atoms with Crippen LogP contribution < -0.4 is 10.6 Å². The zero-order valence-electron chi connectivity index (χ0n) is 15.6. The molecule has 0 aliphatic carbocycles. The highest BCUT2D eigenvalue weighted by atomic mass is 127. The molecule has 0 saturated heterocycles. The summed E-state index contributed by atoms with van der Waals surface area (Å²) in [5, 5.41) is 8.83. The average molecular weight is 563 g/mol. The molecule has 146 valence electrons. The van der Waals surface area contributed by atoms with Crippen LogP contribution in [0, 0.1) is 10.5 Å². The summed E-state index contributed by atoms with van der Waals surface area (Å²) in [7, 11) is 0. The fourth-order valence-electron chi connectivity index (χ4n) is 3.09. The number of hydrogen-bond acceptors (Lipinski definition) is 3. The lowest BCUT2D eigenvalue weighted by Crippen LogP contribution is -2.22. The molecule has 0 atom stereocenters. The van der Waals surface area contributed by atoms with Crippen molar-refractivity contribution >= 4 is 61.9 Å². The van der Waals surface area contributed by atoms with Gasteiger partial charge < -0.3 is 0 Å². The summed E-state index contributed by atoms with van der Waals surface area (Å²) < 4.78 is 3.47. The molecule has 0 unspecified atom stereocenters. The first-order chi connectivity index (χ1) is 13.8. The van der Waals surface area contributed by atoms with Crippen molar-refractivity contribution in [2.24, 2.45) is 5.10 Å². The minimum absolute atomic E-state index is 0.217. The molecule has 3 aromatic rings. The number of aromatic amines is 1. The number of aryl methyl sites for hydroxylation is 1. The number of H-pyrrole nitrogens is 1. The first-order valence-corrected chi connectivity index (χ1v) is 10.7. The predicted molar refractivity (Wildman–Crippen MR) is 127 cm³/mol. The summed E-state index contributed by atoms with van der Waals surface area (Å²) in [5.41, 5.74) is 3.29. The number of amides is 1. The second-order valence-corrected chi connectivity index (χ2v) is 8.77. The molecule has 1 aromatic heterocycles. The van der Waals surface area contributed by atoms with Crippen LogP contribution in [0.15, 0.2) is 68.5 Å². The quantitative estimate of drug-likeness (QED) is 0.373. The normalized spacial score (nSPS) is 15.3. The molecular formula is C21H16BrIN4O2. The Balaban J connectivity index is 1.72. The van der Waals surface area contributed by atoms with E-state index in [0.29, 0.717) is 28.2 Å². The Hall–Kier alpha value is -2.46. The van der Waals surface area contributed by atoms with Crippen molar-refractivity contribution in [3.63, 3.8) is 0 Å². The maximum Gasteiger partial charge on any atom is 0.280 e. The number of nitrogens with one attached hydrogen (secondary N) is 1. The number of hydrogen-bond donors (Lipinski definition) is 1. The molecule has 2 aromatic carbocycles. The third kappa shape index (κ3) is 3.74. The van der Waals surface area contributed by atoms with E-state index >= 15 is 0 Å². The first-order valence-electron chi connectivity index (χ1n) is 8.80. The molecule has 1 amide bonds. The van der Waals surface area contributed by atoms with Gasteiger partial charge in [0.2, 0.25) is 0 Å². The van der Waals surface area contributed by atoms with Gasteiger partial charge in [-0.2, -0.15) is 10.1 Å². The van der Waals surface area contributed by atoms with Crippen LogP contribution >= 0.6 is 38.5 Å². The van der Waals surface area contributed by atoms with Gasteiger partial charge in [0.25, 0.3) is 11.5 Å². The minimum atomic E-state index is -0.251. The van der Waals surface area contributed by atoms with Crippen LogP contribution in [0.4, 0.5) is 5.69 Å². The molecule has 0 radical (unpaired) electrons. The average Bonchev–Trinajstić information content (AvgIpc) is 3.14. The van der Waals surface area contributed by atoms with Gasteiger partial charge in [-0.3, -0.25) is 14.7 Å². The zero-order valence-corrected chi connectivity index (χ0v) is 19.4. The van der Waals surface area contributed by atoms with Crippen molar-refractivity contribution in [3.05, 3.63) is 83.8 Å². The largest absolute Gasteiger partial charge is 0.295 e. The van der Waals surface area contributed by atoms with E-state index < -0.39 is 0 Å². The van der Waals surface area contributed by atoms with Gasteiger partial charge in [-0.05, 0) is 91.0 Å². The number of aromatic nitrogens is 2. The van der Waals surface area contributed by atoms with Crippen molar-refractivity contribution in [3.8, 4) is 5.69 Å². The van der Waals surface area contributed by atoms with E-state index in [1.807, 2.05) is 55.5 Å². The molecule has 6 nitrogen and oxygen atoms in total. The topological polar surface area (TPSA) is 70.5 Å². The van der Waals surface area contributed by atoms with Crippen LogP contribution in [-0.2, 0) is 4.79 Å². The van der Waals surface area contributed by atoms with Gasteiger partial charge in [0.05, 0.1) is 28.2 Å². The molecule has 8 heteroatoms.